The Bertz CT molecular complexity index is 1040. The third-order valence-corrected chi connectivity index (χ3v) is 5.68. The van der Waals surface area contributed by atoms with Gasteiger partial charge in [-0.05, 0) is 32.4 Å². The lowest BCUT2D eigenvalue weighted by atomic mass is 10.1. The van der Waals surface area contributed by atoms with E-state index in [-0.39, 0.29) is 17.9 Å². The molecule has 2 aromatic carbocycles. The number of carbonyl (C=O) groups excluding carboxylic acids is 1. The topological polar surface area (TPSA) is 119 Å². The van der Waals surface area contributed by atoms with Crippen molar-refractivity contribution in [1.82, 2.24) is 5.32 Å². The van der Waals surface area contributed by atoms with Crippen LogP contribution in [0.4, 0.5) is 11.4 Å². The molecule has 0 fully saturated rings. The van der Waals surface area contributed by atoms with Gasteiger partial charge in [0.2, 0.25) is 15.9 Å². The second-order valence-electron chi connectivity index (χ2n) is 6.72. The minimum Gasteiger partial charge on any atom is -0.494 e. The average molecular weight is 436 g/mol. The molecule has 0 radical (unpaired) electrons. The minimum absolute atomic E-state index is 0.0871. The van der Waals surface area contributed by atoms with Crippen molar-refractivity contribution >= 4 is 27.3 Å². The second-order valence-corrected chi connectivity index (χ2v) is 8.58. The Morgan fingerprint density at radius 1 is 1.27 bits per heavy atom. The summed E-state index contributed by atoms with van der Waals surface area (Å²) in [6, 6.07) is 9.98. The summed E-state index contributed by atoms with van der Waals surface area (Å²) >= 11 is 0. The zero-order valence-corrected chi connectivity index (χ0v) is 18.1. The number of nitro benzene ring substituents is 1. The number of ether oxygens (including phenoxy) is 1. The predicted octanol–water partition coefficient (Wildman–Crippen LogP) is 2.77. The molecule has 0 aromatic heterocycles. The van der Waals surface area contributed by atoms with Crippen LogP contribution < -0.4 is 14.4 Å². The van der Waals surface area contributed by atoms with Gasteiger partial charge in [0.05, 0.1) is 23.5 Å². The summed E-state index contributed by atoms with van der Waals surface area (Å²) in [7, 11) is -3.90. The maximum absolute atomic E-state index is 12.8. The van der Waals surface area contributed by atoms with Crippen molar-refractivity contribution in [3.63, 3.8) is 0 Å². The fraction of sp³-hybridized carbons (Fsp3) is 0.350. The van der Waals surface area contributed by atoms with E-state index in [1.54, 1.807) is 19.1 Å². The van der Waals surface area contributed by atoms with Crippen LogP contribution in [0.15, 0.2) is 42.5 Å². The SMILES string of the molecule is CCOc1ccccc1CNC(=O)C(C)N(c1cc([N+](=O)[O-])ccc1C)S(C)(=O)=O. The molecule has 1 atom stereocenters. The number of nitro groups is 1. The predicted molar refractivity (Wildman–Crippen MR) is 114 cm³/mol. The fourth-order valence-corrected chi connectivity index (χ4v) is 4.23. The van der Waals surface area contributed by atoms with Crippen molar-refractivity contribution < 1.29 is 22.9 Å². The van der Waals surface area contributed by atoms with Crippen LogP contribution in [0.3, 0.4) is 0 Å². The smallest absolute Gasteiger partial charge is 0.271 e. The van der Waals surface area contributed by atoms with E-state index in [2.05, 4.69) is 5.32 Å². The van der Waals surface area contributed by atoms with Crippen LogP contribution in [0.5, 0.6) is 5.75 Å². The number of anilines is 1. The third-order valence-electron chi connectivity index (χ3n) is 4.45. The zero-order valence-electron chi connectivity index (χ0n) is 17.3. The molecule has 0 saturated heterocycles. The molecule has 0 saturated carbocycles. The summed E-state index contributed by atoms with van der Waals surface area (Å²) in [5.41, 5.74) is 1.07. The Kier molecular flexibility index (Phi) is 7.38. The van der Waals surface area contributed by atoms with Crippen molar-refractivity contribution in [3.05, 3.63) is 63.7 Å². The molecule has 2 aromatic rings. The van der Waals surface area contributed by atoms with E-state index in [0.717, 1.165) is 22.2 Å². The molecule has 0 aliphatic heterocycles. The summed E-state index contributed by atoms with van der Waals surface area (Å²) in [5, 5.41) is 13.8. The molecule has 0 heterocycles. The summed E-state index contributed by atoms with van der Waals surface area (Å²) in [6.45, 7) is 5.52. The van der Waals surface area contributed by atoms with Gasteiger partial charge in [0.25, 0.3) is 5.69 Å². The van der Waals surface area contributed by atoms with Gasteiger partial charge in [0.1, 0.15) is 11.8 Å². The molecular formula is C20H25N3O6S. The summed E-state index contributed by atoms with van der Waals surface area (Å²) in [6.07, 6.45) is 0.958. The molecule has 1 unspecified atom stereocenters. The number of para-hydroxylation sites is 1. The highest BCUT2D eigenvalue weighted by atomic mass is 32.2. The van der Waals surface area contributed by atoms with E-state index in [1.807, 2.05) is 19.1 Å². The van der Waals surface area contributed by atoms with Gasteiger partial charge in [-0.25, -0.2) is 8.42 Å². The molecule has 0 spiro atoms. The summed E-state index contributed by atoms with van der Waals surface area (Å²) in [5.74, 6) is 0.0834. The van der Waals surface area contributed by atoms with E-state index >= 15 is 0 Å². The number of aryl methyl sites for hydroxylation is 1. The van der Waals surface area contributed by atoms with Gasteiger partial charge in [-0.15, -0.1) is 0 Å². The quantitative estimate of drug-likeness (QED) is 0.478. The standard InChI is InChI=1S/C20H25N3O6S/c1-5-29-19-9-7-6-8-16(19)13-21-20(24)15(3)22(30(4,27)28)18-12-17(23(25)26)11-10-14(18)2/h6-12,15H,5,13H2,1-4H3,(H,21,24). The van der Waals surface area contributed by atoms with E-state index in [1.165, 1.54) is 19.1 Å². The molecule has 1 N–H and O–H groups in total. The first-order chi connectivity index (χ1) is 14.1. The lowest BCUT2D eigenvalue weighted by Gasteiger charge is -2.29. The van der Waals surface area contributed by atoms with Gasteiger partial charge in [-0.1, -0.05) is 24.3 Å². The minimum atomic E-state index is -3.90. The van der Waals surface area contributed by atoms with Crippen LogP contribution in [0.1, 0.15) is 25.0 Å². The molecule has 30 heavy (non-hydrogen) atoms. The van der Waals surface area contributed by atoms with Crippen molar-refractivity contribution in [2.45, 2.75) is 33.4 Å². The lowest BCUT2D eigenvalue weighted by Crippen LogP contribution is -2.48. The van der Waals surface area contributed by atoms with Crippen LogP contribution >= 0.6 is 0 Å². The first kappa shape index (κ1) is 23.1. The van der Waals surface area contributed by atoms with Crippen molar-refractivity contribution in [2.24, 2.45) is 0 Å². The Hall–Kier alpha value is -3.14. The Morgan fingerprint density at radius 2 is 1.93 bits per heavy atom. The molecule has 2 rings (SSSR count). The number of hydrogen-bond donors (Lipinski definition) is 1. The van der Waals surface area contributed by atoms with Crippen LogP contribution in [0.25, 0.3) is 0 Å². The largest absolute Gasteiger partial charge is 0.494 e. The van der Waals surface area contributed by atoms with Crippen LogP contribution in [-0.4, -0.2) is 38.2 Å². The van der Waals surface area contributed by atoms with Crippen LogP contribution in [0, 0.1) is 17.0 Å². The Morgan fingerprint density at radius 3 is 2.53 bits per heavy atom. The molecule has 9 nitrogen and oxygen atoms in total. The first-order valence-electron chi connectivity index (χ1n) is 9.29. The van der Waals surface area contributed by atoms with Gasteiger partial charge in [0, 0.05) is 24.2 Å². The number of sulfonamides is 1. The fourth-order valence-electron chi connectivity index (χ4n) is 3.01. The number of amides is 1. The van der Waals surface area contributed by atoms with Crippen LogP contribution in [0.2, 0.25) is 0 Å². The third kappa shape index (κ3) is 5.47. The van der Waals surface area contributed by atoms with Gasteiger partial charge in [0.15, 0.2) is 0 Å². The molecule has 10 heteroatoms. The van der Waals surface area contributed by atoms with Crippen LogP contribution in [-0.2, 0) is 21.4 Å². The van der Waals surface area contributed by atoms with Gasteiger partial charge < -0.3 is 10.1 Å². The number of rotatable bonds is 9. The molecule has 1 amide bonds. The summed E-state index contributed by atoms with van der Waals surface area (Å²) in [4.78, 5) is 23.3. The van der Waals surface area contributed by atoms with Gasteiger partial charge in [-0.2, -0.15) is 0 Å². The van der Waals surface area contributed by atoms with Crippen molar-refractivity contribution in [1.29, 1.82) is 0 Å². The highest BCUT2D eigenvalue weighted by molar-refractivity contribution is 7.92. The van der Waals surface area contributed by atoms with Crippen molar-refractivity contribution in [3.8, 4) is 5.75 Å². The number of nitrogens with one attached hydrogen (secondary N) is 1. The summed E-state index contributed by atoms with van der Waals surface area (Å²) < 4.78 is 31.4. The number of hydrogen-bond acceptors (Lipinski definition) is 6. The monoisotopic (exact) mass is 435 g/mol. The number of carbonyl (C=O) groups is 1. The second kappa shape index (κ2) is 9.57. The highest BCUT2D eigenvalue weighted by Gasteiger charge is 2.31. The van der Waals surface area contributed by atoms with Gasteiger partial charge >= 0.3 is 0 Å². The van der Waals surface area contributed by atoms with Gasteiger partial charge in [-0.3, -0.25) is 19.2 Å². The zero-order chi connectivity index (χ0) is 22.5. The van der Waals surface area contributed by atoms with E-state index in [4.69, 9.17) is 4.74 Å². The van der Waals surface area contributed by atoms with Crippen molar-refractivity contribution in [2.75, 3.05) is 17.2 Å². The maximum Gasteiger partial charge on any atom is 0.271 e. The highest BCUT2D eigenvalue weighted by Crippen LogP contribution is 2.29. The van der Waals surface area contributed by atoms with E-state index in [0.29, 0.717) is 17.9 Å². The number of benzene rings is 2. The molecule has 0 bridgehead atoms. The lowest BCUT2D eigenvalue weighted by molar-refractivity contribution is -0.384. The molecule has 162 valence electrons. The first-order valence-corrected chi connectivity index (χ1v) is 11.1. The number of nitrogens with zero attached hydrogens (tertiary/aromatic N) is 2. The normalized spacial score (nSPS) is 12.1. The Labute approximate surface area is 175 Å². The Balaban J connectivity index is 2.31. The van der Waals surface area contributed by atoms with E-state index < -0.39 is 26.9 Å². The van der Waals surface area contributed by atoms with E-state index in [9.17, 15) is 23.3 Å². The molecular weight excluding hydrogens is 410 g/mol. The molecule has 0 aliphatic carbocycles. The average Bonchev–Trinajstić information content (AvgIpc) is 2.67. The maximum atomic E-state index is 12.8. The molecule has 0 aliphatic rings. The number of non-ortho nitro benzene ring substituents is 1.